The zero-order chi connectivity index (χ0) is 18.3. The number of hydrogen-bond donors (Lipinski definition) is 1. The molecule has 0 spiro atoms. The number of carbonyl (C=O) groups is 1. The SMILES string of the molecule is Cc1nc(C2(NC(=O)Cn3c(=O)n(C)c4ccccc43)CCCC2)no1. The van der Waals surface area contributed by atoms with Gasteiger partial charge in [0.25, 0.3) is 0 Å². The molecule has 4 rings (SSSR count). The van der Waals surface area contributed by atoms with Gasteiger partial charge in [-0.05, 0) is 25.0 Å². The van der Waals surface area contributed by atoms with Gasteiger partial charge in [-0.15, -0.1) is 0 Å². The van der Waals surface area contributed by atoms with Crippen LogP contribution < -0.4 is 11.0 Å². The number of imidazole rings is 1. The third kappa shape index (κ3) is 2.61. The Bertz CT molecular complexity index is 1020. The molecule has 1 N–H and O–H groups in total. The topological polar surface area (TPSA) is 95.0 Å². The van der Waals surface area contributed by atoms with Crippen molar-refractivity contribution in [1.29, 1.82) is 0 Å². The Morgan fingerprint density at radius 1 is 1.27 bits per heavy atom. The second kappa shape index (κ2) is 6.12. The molecule has 1 amide bonds. The van der Waals surface area contributed by atoms with Crippen LogP contribution in [-0.2, 0) is 23.9 Å². The maximum Gasteiger partial charge on any atom is 0.329 e. The van der Waals surface area contributed by atoms with Crippen LogP contribution >= 0.6 is 0 Å². The van der Waals surface area contributed by atoms with Crippen molar-refractivity contribution >= 4 is 16.9 Å². The van der Waals surface area contributed by atoms with Crippen LogP contribution in [0.25, 0.3) is 11.0 Å². The van der Waals surface area contributed by atoms with Gasteiger partial charge >= 0.3 is 5.69 Å². The number of carbonyl (C=O) groups excluding carboxylic acids is 1. The number of aryl methyl sites for hydroxylation is 2. The van der Waals surface area contributed by atoms with Crippen LogP contribution in [0.2, 0.25) is 0 Å². The average Bonchev–Trinajstić information content (AvgIpc) is 3.32. The van der Waals surface area contributed by atoms with Gasteiger partial charge in [0.05, 0.1) is 11.0 Å². The zero-order valence-corrected chi connectivity index (χ0v) is 14.9. The van der Waals surface area contributed by atoms with Crippen molar-refractivity contribution in [2.24, 2.45) is 7.05 Å². The van der Waals surface area contributed by atoms with Gasteiger partial charge < -0.3 is 9.84 Å². The summed E-state index contributed by atoms with van der Waals surface area (Å²) in [5.41, 5.74) is 0.723. The molecule has 1 saturated carbocycles. The number of aromatic nitrogens is 4. The maximum atomic E-state index is 12.8. The lowest BCUT2D eigenvalue weighted by Crippen LogP contribution is -2.46. The van der Waals surface area contributed by atoms with E-state index in [9.17, 15) is 9.59 Å². The maximum absolute atomic E-state index is 12.8. The highest BCUT2D eigenvalue weighted by atomic mass is 16.5. The Balaban J connectivity index is 1.63. The number of nitrogens with zero attached hydrogens (tertiary/aromatic N) is 4. The number of fused-ring (bicyclic) bond motifs is 1. The highest BCUT2D eigenvalue weighted by molar-refractivity contribution is 5.81. The predicted molar refractivity (Wildman–Crippen MR) is 94.5 cm³/mol. The van der Waals surface area contributed by atoms with E-state index in [1.165, 1.54) is 4.57 Å². The Labute approximate surface area is 149 Å². The summed E-state index contributed by atoms with van der Waals surface area (Å²) in [6, 6.07) is 7.44. The number of para-hydroxylation sites is 2. The smallest absolute Gasteiger partial charge is 0.329 e. The summed E-state index contributed by atoms with van der Waals surface area (Å²) >= 11 is 0. The zero-order valence-electron chi connectivity index (χ0n) is 14.9. The minimum atomic E-state index is -0.608. The highest BCUT2D eigenvalue weighted by Crippen LogP contribution is 2.37. The number of benzene rings is 1. The molecule has 136 valence electrons. The Hall–Kier alpha value is -2.90. The van der Waals surface area contributed by atoms with Gasteiger partial charge in [-0.3, -0.25) is 13.9 Å². The standard InChI is InChI=1S/C18H21N5O3/c1-12-19-16(21-26-12)18(9-5-6-10-18)20-15(24)11-23-14-8-4-3-7-13(14)22(2)17(23)25/h3-4,7-8H,5-6,9-11H2,1-2H3,(H,20,24). The van der Waals surface area contributed by atoms with Crippen LogP contribution in [-0.4, -0.2) is 25.2 Å². The molecule has 2 aromatic heterocycles. The second-order valence-corrected chi connectivity index (χ2v) is 6.89. The molecule has 26 heavy (non-hydrogen) atoms. The minimum Gasteiger partial charge on any atom is -0.342 e. The first kappa shape index (κ1) is 16.6. The van der Waals surface area contributed by atoms with E-state index >= 15 is 0 Å². The molecule has 0 saturated heterocycles. The summed E-state index contributed by atoms with van der Waals surface area (Å²) in [6.07, 6.45) is 3.51. The first-order chi connectivity index (χ1) is 12.5. The number of rotatable bonds is 4. The molecule has 1 fully saturated rings. The molecular formula is C18H21N5O3. The molecular weight excluding hydrogens is 334 g/mol. The Kier molecular flexibility index (Phi) is 3.90. The van der Waals surface area contributed by atoms with Crippen LogP contribution in [0.3, 0.4) is 0 Å². The van der Waals surface area contributed by atoms with E-state index < -0.39 is 5.54 Å². The fraction of sp³-hybridized carbons (Fsp3) is 0.444. The third-order valence-electron chi connectivity index (χ3n) is 5.14. The molecule has 0 atom stereocenters. The molecule has 1 aromatic carbocycles. The fourth-order valence-electron chi connectivity index (χ4n) is 3.84. The lowest BCUT2D eigenvalue weighted by atomic mass is 9.96. The molecule has 2 heterocycles. The normalized spacial score (nSPS) is 16.2. The summed E-state index contributed by atoms with van der Waals surface area (Å²) < 4.78 is 8.16. The van der Waals surface area contributed by atoms with Gasteiger partial charge in [0, 0.05) is 14.0 Å². The first-order valence-electron chi connectivity index (χ1n) is 8.76. The Morgan fingerprint density at radius 3 is 2.62 bits per heavy atom. The van der Waals surface area contributed by atoms with Gasteiger partial charge in [0.15, 0.2) is 5.82 Å². The average molecular weight is 355 g/mol. The van der Waals surface area contributed by atoms with Crippen LogP contribution in [0.1, 0.15) is 37.4 Å². The molecule has 8 nitrogen and oxygen atoms in total. The van der Waals surface area contributed by atoms with Crippen molar-refractivity contribution in [2.75, 3.05) is 0 Å². The molecule has 8 heteroatoms. The monoisotopic (exact) mass is 355 g/mol. The summed E-state index contributed by atoms with van der Waals surface area (Å²) in [5, 5.41) is 7.11. The van der Waals surface area contributed by atoms with Crippen molar-refractivity contribution < 1.29 is 9.32 Å². The van der Waals surface area contributed by atoms with E-state index in [0.29, 0.717) is 11.7 Å². The van der Waals surface area contributed by atoms with E-state index in [1.54, 1.807) is 18.5 Å². The van der Waals surface area contributed by atoms with Gasteiger partial charge in [-0.25, -0.2) is 4.79 Å². The predicted octanol–water partition coefficient (Wildman–Crippen LogP) is 1.62. The molecule has 0 aliphatic heterocycles. The van der Waals surface area contributed by atoms with Crippen molar-refractivity contribution in [3.63, 3.8) is 0 Å². The van der Waals surface area contributed by atoms with Gasteiger partial charge in [-0.1, -0.05) is 30.1 Å². The summed E-state index contributed by atoms with van der Waals surface area (Å²) in [4.78, 5) is 29.6. The van der Waals surface area contributed by atoms with Crippen molar-refractivity contribution in [2.45, 2.75) is 44.7 Å². The van der Waals surface area contributed by atoms with E-state index in [4.69, 9.17) is 4.52 Å². The first-order valence-corrected chi connectivity index (χ1v) is 8.76. The van der Waals surface area contributed by atoms with Crippen LogP contribution in [0.4, 0.5) is 0 Å². The summed E-state index contributed by atoms with van der Waals surface area (Å²) in [5.74, 6) is 0.768. The minimum absolute atomic E-state index is 0.0429. The lowest BCUT2D eigenvalue weighted by molar-refractivity contribution is -0.123. The number of amides is 1. The van der Waals surface area contributed by atoms with Crippen molar-refractivity contribution in [3.05, 3.63) is 46.5 Å². The fourth-order valence-corrected chi connectivity index (χ4v) is 3.84. The molecule has 1 aliphatic carbocycles. The van der Waals surface area contributed by atoms with E-state index in [2.05, 4.69) is 15.5 Å². The van der Waals surface area contributed by atoms with Gasteiger partial charge in [0.1, 0.15) is 12.1 Å². The van der Waals surface area contributed by atoms with E-state index in [0.717, 1.165) is 36.7 Å². The lowest BCUT2D eigenvalue weighted by Gasteiger charge is -2.26. The quantitative estimate of drug-likeness (QED) is 0.767. The van der Waals surface area contributed by atoms with Crippen molar-refractivity contribution in [1.82, 2.24) is 24.6 Å². The highest BCUT2D eigenvalue weighted by Gasteiger charge is 2.41. The van der Waals surface area contributed by atoms with Gasteiger partial charge in [0.2, 0.25) is 11.8 Å². The van der Waals surface area contributed by atoms with Crippen LogP contribution in [0.15, 0.2) is 33.6 Å². The second-order valence-electron chi connectivity index (χ2n) is 6.89. The molecule has 0 bridgehead atoms. The largest absolute Gasteiger partial charge is 0.342 e. The number of nitrogens with one attached hydrogen (secondary N) is 1. The summed E-state index contributed by atoms with van der Waals surface area (Å²) in [7, 11) is 1.71. The van der Waals surface area contributed by atoms with Crippen molar-refractivity contribution in [3.8, 4) is 0 Å². The van der Waals surface area contributed by atoms with Crippen LogP contribution in [0, 0.1) is 6.92 Å². The molecule has 3 aromatic rings. The number of hydrogen-bond acceptors (Lipinski definition) is 5. The summed E-state index contributed by atoms with van der Waals surface area (Å²) in [6.45, 7) is 1.69. The molecule has 1 aliphatic rings. The van der Waals surface area contributed by atoms with Crippen LogP contribution in [0.5, 0.6) is 0 Å². The Morgan fingerprint density at radius 2 is 1.96 bits per heavy atom. The van der Waals surface area contributed by atoms with E-state index in [-0.39, 0.29) is 18.1 Å². The molecule has 0 unspecified atom stereocenters. The molecule has 0 radical (unpaired) electrons. The van der Waals surface area contributed by atoms with E-state index in [1.807, 2.05) is 24.3 Å². The van der Waals surface area contributed by atoms with Gasteiger partial charge in [-0.2, -0.15) is 4.98 Å². The third-order valence-corrected chi connectivity index (χ3v) is 5.14.